The van der Waals surface area contributed by atoms with E-state index in [1.165, 1.54) is 36.2 Å². The third-order valence-corrected chi connectivity index (χ3v) is 9.00. The Morgan fingerprint density at radius 3 is 2.10 bits per heavy atom. The van der Waals surface area contributed by atoms with Gasteiger partial charge in [-0.3, -0.25) is 13.9 Å². The highest BCUT2D eigenvalue weighted by molar-refractivity contribution is 7.92. The van der Waals surface area contributed by atoms with Gasteiger partial charge in [0.05, 0.1) is 10.6 Å². The molecule has 0 spiro atoms. The number of hydrogen-bond donors (Lipinski definition) is 1. The molecule has 1 N–H and O–H groups in total. The first-order valence-electron chi connectivity index (χ1n) is 13.5. The third kappa shape index (κ3) is 7.57. The summed E-state index contributed by atoms with van der Waals surface area (Å²) in [5.74, 6) is -0.860. The van der Waals surface area contributed by atoms with Crippen molar-refractivity contribution in [3.05, 3.63) is 130 Å². The van der Waals surface area contributed by atoms with Crippen molar-refractivity contribution in [2.45, 2.75) is 37.8 Å². The van der Waals surface area contributed by atoms with Crippen LogP contribution in [0.1, 0.15) is 22.3 Å². The van der Waals surface area contributed by atoms with E-state index in [0.717, 1.165) is 26.6 Å². The first-order valence-corrected chi connectivity index (χ1v) is 15.4. The lowest BCUT2D eigenvalue weighted by atomic mass is 10.0. The summed E-state index contributed by atoms with van der Waals surface area (Å²) in [6.07, 6.45) is 0.256. The van der Waals surface area contributed by atoms with Crippen LogP contribution < -0.4 is 9.62 Å². The molecule has 7 nitrogen and oxygen atoms in total. The first-order chi connectivity index (χ1) is 20.1. The normalized spacial score (nSPS) is 11.9. The SMILES string of the molecule is CNC(=O)[C@@H](Cc1ccccc1)N(Cc1ccc(C)cc1)C(=O)CN(c1cccc(C)c1)S(=O)(=O)c1ccc(Cl)cc1. The summed E-state index contributed by atoms with van der Waals surface area (Å²) in [5.41, 5.74) is 3.92. The molecule has 0 radical (unpaired) electrons. The van der Waals surface area contributed by atoms with Gasteiger partial charge >= 0.3 is 0 Å². The van der Waals surface area contributed by atoms with Gasteiger partial charge in [-0.25, -0.2) is 8.42 Å². The maximum absolute atomic E-state index is 14.3. The highest BCUT2D eigenvalue weighted by atomic mass is 35.5. The number of anilines is 1. The van der Waals surface area contributed by atoms with Gasteiger partial charge in [0.2, 0.25) is 11.8 Å². The standard InChI is InChI=1S/C33H34ClN3O4S/c1-24-12-14-27(15-13-24)22-36(31(33(39)35-3)21-26-9-5-4-6-10-26)32(38)23-37(29-11-7-8-25(2)20-29)42(40,41)30-18-16-28(34)17-19-30/h4-20,31H,21-23H2,1-3H3,(H,35,39)/t31-/m1/s1. The van der Waals surface area contributed by atoms with E-state index in [1.807, 2.05) is 74.5 Å². The fraction of sp³-hybridized carbons (Fsp3) is 0.212. The minimum absolute atomic E-state index is 0.00146. The molecule has 218 valence electrons. The molecule has 0 saturated heterocycles. The zero-order chi connectivity index (χ0) is 30.3. The lowest BCUT2D eigenvalue weighted by molar-refractivity contribution is -0.139. The topological polar surface area (TPSA) is 86.8 Å². The molecule has 2 amide bonds. The summed E-state index contributed by atoms with van der Waals surface area (Å²) in [7, 11) is -2.65. The second-order valence-electron chi connectivity index (χ2n) is 10.1. The number of carbonyl (C=O) groups excluding carboxylic acids is 2. The van der Waals surface area contributed by atoms with Crippen LogP contribution in [0.2, 0.25) is 5.02 Å². The number of carbonyl (C=O) groups is 2. The Morgan fingerprint density at radius 1 is 0.810 bits per heavy atom. The van der Waals surface area contributed by atoms with E-state index in [1.54, 1.807) is 18.2 Å². The third-order valence-electron chi connectivity index (χ3n) is 6.96. The lowest BCUT2D eigenvalue weighted by Gasteiger charge is -2.33. The maximum Gasteiger partial charge on any atom is 0.264 e. The summed E-state index contributed by atoms with van der Waals surface area (Å²) in [6, 6.07) is 29.0. The number of nitrogens with zero attached hydrogens (tertiary/aromatic N) is 2. The molecule has 0 aromatic heterocycles. The monoisotopic (exact) mass is 603 g/mol. The van der Waals surface area contributed by atoms with Crippen LogP contribution in [0.5, 0.6) is 0 Å². The van der Waals surface area contributed by atoms with Gasteiger partial charge in [0.15, 0.2) is 0 Å². The lowest BCUT2D eigenvalue weighted by Crippen LogP contribution is -2.53. The molecule has 0 fully saturated rings. The fourth-order valence-electron chi connectivity index (χ4n) is 4.66. The Bertz CT molecular complexity index is 1630. The predicted octanol–water partition coefficient (Wildman–Crippen LogP) is 5.54. The summed E-state index contributed by atoms with van der Waals surface area (Å²) in [6.45, 7) is 3.43. The molecule has 0 aliphatic rings. The number of aryl methyl sites for hydroxylation is 2. The van der Waals surface area contributed by atoms with Gasteiger partial charge in [-0.15, -0.1) is 0 Å². The molecule has 0 saturated carbocycles. The molecule has 4 aromatic rings. The summed E-state index contributed by atoms with van der Waals surface area (Å²) >= 11 is 6.03. The van der Waals surface area contributed by atoms with Crippen molar-refractivity contribution < 1.29 is 18.0 Å². The number of rotatable bonds is 11. The largest absolute Gasteiger partial charge is 0.357 e. The van der Waals surface area contributed by atoms with Gasteiger partial charge in [-0.05, 0) is 66.9 Å². The fourth-order valence-corrected chi connectivity index (χ4v) is 6.19. The highest BCUT2D eigenvalue weighted by Gasteiger charge is 2.34. The molecule has 9 heteroatoms. The van der Waals surface area contributed by atoms with Crippen molar-refractivity contribution in [1.29, 1.82) is 0 Å². The zero-order valence-corrected chi connectivity index (χ0v) is 25.4. The molecule has 1 atom stereocenters. The Morgan fingerprint density at radius 2 is 1.48 bits per heavy atom. The molecule has 4 rings (SSSR count). The van der Waals surface area contributed by atoms with E-state index < -0.39 is 28.5 Å². The van der Waals surface area contributed by atoms with E-state index in [0.29, 0.717) is 10.7 Å². The van der Waals surface area contributed by atoms with E-state index in [9.17, 15) is 18.0 Å². The van der Waals surface area contributed by atoms with Gasteiger partial charge in [-0.1, -0.05) is 83.9 Å². The number of likely N-dealkylation sites (N-methyl/N-ethyl adjacent to an activating group) is 1. The summed E-state index contributed by atoms with van der Waals surface area (Å²) < 4.78 is 29.1. The average molecular weight is 604 g/mol. The van der Waals surface area contributed by atoms with Gasteiger partial charge in [0.1, 0.15) is 12.6 Å². The average Bonchev–Trinajstić information content (AvgIpc) is 2.98. The molecular formula is C33H34ClN3O4S. The zero-order valence-electron chi connectivity index (χ0n) is 23.8. The van der Waals surface area contributed by atoms with Crippen LogP contribution in [-0.4, -0.2) is 44.8 Å². The van der Waals surface area contributed by atoms with Crippen LogP contribution in [0, 0.1) is 13.8 Å². The van der Waals surface area contributed by atoms with E-state index >= 15 is 0 Å². The second kappa shape index (κ2) is 13.7. The molecule has 42 heavy (non-hydrogen) atoms. The maximum atomic E-state index is 14.3. The molecule has 4 aromatic carbocycles. The Kier molecular flexibility index (Phi) is 10.0. The van der Waals surface area contributed by atoms with E-state index in [-0.39, 0.29) is 23.8 Å². The van der Waals surface area contributed by atoms with Gasteiger partial charge < -0.3 is 10.2 Å². The number of amides is 2. The van der Waals surface area contributed by atoms with Crippen LogP contribution in [0.15, 0.2) is 108 Å². The highest BCUT2D eigenvalue weighted by Crippen LogP contribution is 2.26. The number of sulfonamides is 1. The smallest absolute Gasteiger partial charge is 0.264 e. The van der Waals surface area contributed by atoms with Crippen molar-refractivity contribution in [3.8, 4) is 0 Å². The molecule has 0 unspecified atom stereocenters. The Hall–Kier alpha value is -4.14. The van der Waals surface area contributed by atoms with Gasteiger partial charge in [-0.2, -0.15) is 0 Å². The van der Waals surface area contributed by atoms with Gasteiger partial charge in [0.25, 0.3) is 10.0 Å². The van der Waals surface area contributed by atoms with Crippen molar-refractivity contribution >= 4 is 39.1 Å². The van der Waals surface area contributed by atoms with Crippen LogP contribution in [0.25, 0.3) is 0 Å². The summed E-state index contributed by atoms with van der Waals surface area (Å²) in [5, 5.41) is 3.09. The minimum atomic E-state index is -4.18. The number of hydrogen-bond acceptors (Lipinski definition) is 4. The van der Waals surface area contributed by atoms with Crippen LogP contribution in [-0.2, 0) is 32.6 Å². The molecule has 0 heterocycles. The number of benzene rings is 4. The Labute approximate surface area is 252 Å². The van der Waals surface area contributed by atoms with Gasteiger partial charge in [0, 0.05) is 25.0 Å². The molecule has 0 bridgehead atoms. The van der Waals surface area contributed by atoms with Crippen molar-refractivity contribution in [2.75, 3.05) is 17.9 Å². The van der Waals surface area contributed by atoms with Crippen LogP contribution in [0.3, 0.4) is 0 Å². The number of nitrogens with one attached hydrogen (secondary N) is 1. The van der Waals surface area contributed by atoms with Crippen LogP contribution in [0.4, 0.5) is 5.69 Å². The molecule has 0 aliphatic carbocycles. The number of halogens is 1. The van der Waals surface area contributed by atoms with E-state index in [2.05, 4.69) is 5.32 Å². The van der Waals surface area contributed by atoms with E-state index in [4.69, 9.17) is 11.6 Å². The Balaban J connectivity index is 1.78. The second-order valence-corrected chi connectivity index (χ2v) is 12.4. The first kappa shape index (κ1) is 30.8. The van der Waals surface area contributed by atoms with Crippen molar-refractivity contribution in [1.82, 2.24) is 10.2 Å². The minimum Gasteiger partial charge on any atom is -0.357 e. The molecular weight excluding hydrogens is 570 g/mol. The molecule has 0 aliphatic heterocycles. The summed E-state index contributed by atoms with van der Waals surface area (Å²) in [4.78, 5) is 29.1. The predicted molar refractivity (Wildman–Crippen MR) is 167 cm³/mol. The quantitative estimate of drug-likeness (QED) is 0.244. The van der Waals surface area contributed by atoms with Crippen LogP contribution >= 0.6 is 11.6 Å². The van der Waals surface area contributed by atoms with Crippen molar-refractivity contribution in [3.63, 3.8) is 0 Å². The van der Waals surface area contributed by atoms with Crippen molar-refractivity contribution in [2.24, 2.45) is 0 Å².